The molecular weight excluding hydrogens is 226 g/mol. The predicted molar refractivity (Wildman–Crippen MR) is 74.3 cm³/mol. The summed E-state index contributed by atoms with van der Waals surface area (Å²) < 4.78 is 11.4. The van der Waals surface area contributed by atoms with E-state index in [-0.39, 0.29) is 5.60 Å². The molecule has 0 spiro atoms. The van der Waals surface area contributed by atoms with Crippen LogP contribution < -0.4 is 10.1 Å². The van der Waals surface area contributed by atoms with Crippen molar-refractivity contribution in [3.63, 3.8) is 0 Å². The van der Waals surface area contributed by atoms with E-state index in [0.29, 0.717) is 12.7 Å². The first kappa shape index (κ1) is 13.2. The molecule has 1 fully saturated rings. The second kappa shape index (κ2) is 5.61. The molecule has 3 heteroatoms. The average Bonchev–Trinajstić information content (AvgIpc) is 2.69. The number of hydrogen-bond donors (Lipinski definition) is 1. The van der Waals surface area contributed by atoms with Crippen molar-refractivity contribution in [3.05, 3.63) is 24.3 Å². The minimum absolute atomic E-state index is 0.0468. The van der Waals surface area contributed by atoms with Crippen LogP contribution in [0.25, 0.3) is 0 Å². The lowest BCUT2D eigenvalue weighted by molar-refractivity contribution is -0.00910. The molecule has 0 saturated carbocycles. The highest BCUT2D eigenvalue weighted by Gasteiger charge is 2.31. The Balaban J connectivity index is 1.80. The predicted octanol–water partition coefficient (Wildman–Crippen LogP) is 3.45. The van der Waals surface area contributed by atoms with Gasteiger partial charge in [0, 0.05) is 12.2 Å². The Morgan fingerprint density at radius 3 is 2.61 bits per heavy atom. The van der Waals surface area contributed by atoms with Gasteiger partial charge in [-0.05, 0) is 57.9 Å². The minimum Gasteiger partial charge on any atom is -0.494 e. The molecule has 0 aromatic heterocycles. The summed E-state index contributed by atoms with van der Waals surface area (Å²) in [5, 5.41) is 3.41. The first-order valence-electron chi connectivity index (χ1n) is 6.73. The zero-order valence-electron chi connectivity index (χ0n) is 11.5. The Labute approximate surface area is 109 Å². The van der Waals surface area contributed by atoms with E-state index >= 15 is 0 Å². The van der Waals surface area contributed by atoms with Crippen LogP contribution in [0.1, 0.15) is 33.6 Å². The largest absolute Gasteiger partial charge is 0.494 e. The molecule has 1 unspecified atom stereocenters. The van der Waals surface area contributed by atoms with Gasteiger partial charge >= 0.3 is 0 Å². The van der Waals surface area contributed by atoms with E-state index in [4.69, 9.17) is 9.47 Å². The number of ether oxygens (including phenoxy) is 2. The van der Waals surface area contributed by atoms with Gasteiger partial charge in [-0.15, -0.1) is 0 Å². The van der Waals surface area contributed by atoms with E-state index in [1.165, 1.54) is 0 Å². The van der Waals surface area contributed by atoms with Crippen molar-refractivity contribution >= 4 is 5.69 Å². The maximum atomic E-state index is 5.95. The number of nitrogens with one attached hydrogen (secondary N) is 1. The van der Waals surface area contributed by atoms with Gasteiger partial charge in [0.1, 0.15) is 5.75 Å². The molecule has 1 saturated heterocycles. The highest BCUT2D eigenvalue weighted by Crippen LogP contribution is 2.29. The molecule has 3 nitrogen and oxygen atoms in total. The van der Waals surface area contributed by atoms with E-state index in [9.17, 15) is 0 Å². The van der Waals surface area contributed by atoms with E-state index in [1.807, 2.05) is 31.2 Å². The SMILES string of the molecule is CCOc1ccc(NCC2CCC(C)(C)O2)cc1. The first-order chi connectivity index (χ1) is 8.59. The molecule has 18 heavy (non-hydrogen) atoms. The number of anilines is 1. The summed E-state index contributed by atoms with van der Waals surface area (Å²) in [6, 6.07) is 8.08. The van der Waals surface area contributed by atoms with Gasteiger partial charge in [0.15, 0.2) is 0 Å². The molecule has 1 heterocycles. The summed E-state index contributed by atoms with van der Waals surface area (Å²) in [4.78, 5) is 0. The van der Waals surface area contributed by atoms with Crippen molar-refractivity contribution in [3.8, 4) is 5.75 Å². The Morgan fingerprint density at radius 2 is 2.06 bits per heavy atom. The second-order valence-corrected chi connectivity index (χ2v) is 5.38. The number of benzene rings is 1. The fourth-order valence-electron chi connectivity index (χ4n) is 2.29. The first-order valence-corrected chi connectivity index (χ1v) is 6.73. The van der Waals surface area contributed by atoms with Gasteiger partial charge in [0.05, 0.1) is 18.3 Å². The van der Waals surface area contributed by atoms with Crippen LogP contribution in [0.15, 0.2) is 24.3 Å². The molecule has 100 valence electrons. The van der Waals surface area contributed by atoms with Crippen LogP contribution in [-0.4, -0.2) is 24.9 Å². The van der Waals surface area contributed by atoms with Crippen LogP contribution in [0.4, 0.5) is 5.69 Å². The average molecular weight is 249 g/mol. The van der Waals surface area contributed by atoms with Gasteiger partial charge < -0.3 is 14.8 Å². The fourth-order valence-corrected chi connectivity index (χ4v) is 2.29. The number of rotatable bonds is 5. The maximum Gasteiger partial charge on any atom is 0.119 e. The Kier molecular flexibility index (Phi) is 4.12. The van der Waals surface area contributed by atoms with E-state index < -0.39 is 0 Å². The molecule has 1 N–H and O–H groups in total. The molecule has 0 amide bonds. The van der Waals surface area contributed by atoms with E-state index in [1.54, 1.807) is 0 Å². The zero-order chi connectivity index (χ0) is 13.0. The number of hydrogen-bond acceptors (Lipinski definition) is 3. The van der Waals surface area contributed by atoms with Crippen LogP contribution in [0.5, 0.6) is 5.75 Å². The van der Waals surface area contributed by atoms with Gasteiger partial charge in [-0.1, -0.05) is 0 Å². The monoisotopic (exact) mass is 249 g/mol. The minimum atomic E-state index is 0.0468. The third kappa shape index (κ3) is 3.64. The van der Waals surface area contributed by atoms with Crippen molar-refractivity contribution < 1.29 is 9.47 Å². The van der Waals surface area contributed by atoms with Crippen molar-refractivity contribution in [2.45, 2.75) is 45.3 Å². The molecule has 0 bridgehead atoms. The van der Waals surface area contributed by atoms with Gasteiger partial charge in [-0.2, -0.15) is 0 Å². The smallest absolute Gasteiger partial charge is 0.119 e. The van der Waals surface area contributed by atoms with Gasteiger partial charge in [-0.25, -0.2) is 0 Å². The standard InChI is InChI=1S/C15H23NO2/c1-4-17-13-7-5-12(6-8-13)16-11-14-9-10-15(2,3)18-14/h5-8,14,16H,4,9-11H2,1-3H3. The third-order valence-electron chi connectivity index (χ3n) is 3.25. The van der Waals surface area contributed by atoms with Crippen molar-refractivity contribution in [1.29, 1.82) is 0 Å². The van der Waals surface area contributed by atoms with Crippen LogP contribution >= 0.6 is 0 Å². The fraction of sp³-hybridized carbons (Fsp3) is 0.600. The second-order valence-electron chi connectivity index (χ2n) is 5.38. The summed E-state index contributed by atoms with van der Waals surface area (Å²) in [6.45, 7) is 7.88. The molecule has 1 atom stereocenters. The topological polar surface area (TPSA) is 30.5 Å². The van der Waals surface area contributed by atoms with Gasteiger partial charge in [-0.3, -0.25) is 0 Å². The summed E-state index contributed by atoms with van der Waals surface area (Å²) >= 11 is 0. The summed E-state index contributed by atoms with van der Waals surface area (Å²) in [5.41, 5.74) is 1.16. The maximum absolute atomic E-state index is 5.95. The molecule has 1 aromatic rings. The molecule has 0 aliphatic carbocycles. The van der Waals surface area contributed by atoms with Crippen LogP contribution in [-0.2, 0) is 4.74 Å². The molecular formula is C15H23NO2. The molecule has 1 aliphatic rings. The molecule has 0 radical (unpaired) electrons. The third-order valence-corrected chi connectivity index (χ3v) is 3.25. The quantitative estimate of drug-likeness (QED) is 0.867. The van der Waals surface area contributed by atoms with Crippen molar-refractivity contribution in [1.82, 2.24) is 0 Å². The Bertz CT molecular complexity index is 373. The van der Waals surface area contributed by atoms with E-state index in [2.05, 4.69) is 19.2 Å². The van der Waals surface area contributed by atoms with E-state index in [0.717, 1.165) is 30.8 Å². The zero-order valence-corrected chi connectivity index (χ0v) is 11.5. The molecule has 1 aliphatic heterocycles. The molecule has 1 aromatic carbocycles. The molecule has 2 rings (SSSR count). The lowest BCUT2D eigenvalue weighted by Crippen LogP contribution is -2.24. The Morgan fingerprint density at radius 1 is 1.33 bits per heavy atom. The van der Waals surface area contributed by atoms with Crippen molar-refractivity contribution in [2.24, 2.45) is 0 Å². The normalized spacial score (nSPS) is 21.8. The van der Waals surface area contributed by atoms with Crippen LogP contribution in [0.3, 0.4) is 0 Å². The highest BCUT2D eigenvalue weighted by molar-refractivity contribution is 5.46. The Hall–Kier alpha value is -1.22. The van der Waals surface area contributed by atoms with Gasteiger partial charge in [0.25, 0.3) is 0 Å². The summed E-state index contributed by atoms with van der Waals surface area (Å²) in [6.07, 6.45) is 2.60. The lowest BCUT2D eigenvalue weighted by atomic mass is 10.1. The van der Waals surface area contributed by atoms with Crippen LogP contribution in [0.2, 0.25) is 0 Å². The van der Waals surface area contributed by atoms with Crippen molar-refractivity contribution in [2.75, 3.05) is 18.5 Å². The highest BCUT2D eigenvalue weighted by atomic mass is 16.5. The summed E-state index contributed by atoms with van der Waals surface area (Å²) in [5.74, 6) is 0.918. The lowest BCUT2D eigenvalue weighted by Gasteiger charge is -2.19. The summed E-state index contributed by atoms with van der Waals surface area (Å²) in [7, 11) is 0. The van der Waals surface area contributed by atoms with Gasteiger partial charge in [0.2, 0.25) is 0 Å². The van der Waals surface area contributed by atoms with Crippen LogP contribution in [0, 0.1) is 0 Å².